The summed E-state index contributed by atoms with van der Waals surface area (Å²) in [5, 5.41) is 1.31. The van der Waals surface area contributed by atoms with E-state index < -0.39 is 0 Å². The standard InChI is InChI=1S/C25H25N5S/c1-2-6-18(7-3-1)17-29-12-14-30(15-13-29)24-22-20-9-4-10-21(20)31-25(22)28-23(27-24)19-8-5-11-26-16-19/h1-3,5-8,11,16H,4,9-10,12-15,17H2. The van der Waals surface area contributed by atoms with Crippen molar-refractivity contribution in [2.24, 2.45) is 0 Å². The van der Waals surface area contributed by atoms with Crippen molar-refractivity contribution >= 4 is 27.4 Å². The minimum atomic E-state index is 0.794. The topological polar surface area (TPSA) is 45.2 Å². The maximum atomic E-state index is 5.12. The quantitative estimate of drug-likeness (QED) is 0.478. The fourth-order valence-corrected chi connectivity index (χ4v) is 6.04. The molecule has 5 nitrogen and oxygen atoms in total. The van der Waals surface area contributed by atoms with E-state index in [-0.39, 0.29) is 0 Å². The average Bonchev–Trinajstić information content (AvgIpc) is 3.41. The summed E-state index contributed by atoms with van der Waals surface area (Å²) in [6, 6.07) is 14.8. The predicted octanol–water partition coefficient (Wildman–Crippen LogP) is 4.56. The molecule has 156 valence electrons. The van der Waals surface area contributed by atoms with Crippen molar-refractivity contribution in [2.75, 3.05) is 31.1 Å². The highest BCUT2D eigenvalue weighted by molar-refractivity contribution is 7.19. The van der Waals surface area contributed by atoms with Crippen molar-refractivity contribution in [3.63, 3.8) is 0 Å². The van der Waals surface area contributed by atoms with E-state index >= 15 is 0 Å². The van der Waals surface area contributed by atoms with Gasteiger partial charge in [0, 0.05) is 55.6 Å². The Kier molecular flexibility index (Phi) is 4.89. The maximum Gasteiger partial charge on any atom is 0.164 e. The Morgan fingerprint density at radius 2 is 1.77 bits per heavy atom. The van der Waals surface area contributed by atoms with Crippen molar-refractivity contribution in [3.8, 4) is 11.4 Å². The first-order valence-electron chi connectivity index (χ1n) is 11.1. The maximum absolute atomic E-state index is 5.12. The molecule has 0 atom stereocenters. The van der Waals surface area contributed by atoms with Crippen molar-refractivity contribution in [2.45, 2.75) is 25.8 Å². The van der Waals surface area contributed by atoms with E-state index in [1.165, 1.54) is 34.2 Å². The molecular weight excluding hydrogens is 402 g/mol. The Bertz CT molecular complexity index is 1200. The summed E-state index contributed by atoms with van der Waals surface area (Å²) in [7, 11) is 0. The van der Waals surface area contributed by atoms with Gasteiger partial charge in [0.1, 0.15) is 10.6 Å². The van der Waals surface area contributed by atoms with Crippen LogP contribution in [0.1, 0.15) is 22.4 Å². The molecule has 1 saturated heterocycles. The highest BCUT2D eigenvalue weighted by atomic mass is 32.1. The lowest BCUT2D eigenvalue weighted by Crippen LogP contribution is -2.46. The third-order valence-corrected chi connectivity index (χ3v) is 7.57. The molecule has 0 radical (unpaired) electrons. The van der Waals surface area contributed by atoms with Gasteiger partial charge in [0.15, 0.2) is 5.82 Å². The second kappa shape index (κ2) is 8.02. The van der Waals surface area contributed by atoms with Crippen LogP contribution in [0.2, 0.25) is 0 Å². The van der Waals surface area contributed by atoms with Crippen molar-refractivity contribution < 1.29 is 0 Å². The number of rotatable bonds is 4. The molecular formula is C25H25N5S. The van der Waals surface area contributed by atoms with E-state index in [0.29, 0.717) is 0 Å². The zero-order chi connectivity index (χ0) is 20.6. The molecule has 4 aromatic rings. The Morgan fingerprint density at radius 1 is 0.903 bits per heavy atom. The zero-order valence-corrected chi connectivity index (χ0v) is 18.3. The zero-order valence-electron chi connectivity index (χ0n) is 17.5. The highest BCUT2D eigenvalue weighted by Crippen LogP contribution is 2.41. The SMILES string of the molecule is c1ccc(CN2CCN(c3nc(-c4cccnc4)nc4sc5c(c34)CCC5)CC2)cc1. The molecule has 0 unspecified atom stereocenters. The number of nitrogens with zero attached hydrogens (tertiary/aromatic N) is 5. The third kappa shape index (κ3) is 3.60. The summed E-state index contributed by atoms with van der Waals surface area (Å²) in [5.41, 5.74) is 3.87. The van der Waals surface area contributed by atoms with Crippen molar-refractivity contribution in [3.05, 3.63) is 70.9 Å². The number of piperazine rings is 1. The molecule has 31 heavy (non-hydrogen) atoms. The van der Waals surface area contributed by atoms with Gasteiger partial charge in [-0.25, -0.2) is 9.97 Å². The lowest BCUT2D eigenvalue weighted by Gasteiger charge is -2.36. The molecule has 1 fully saturated rings. The molecule has 0 spiro atoms. The van der Waals surface area contributed by atoms with Crippen molar-refractivity contribution in [1.82, 2.24) is 19.9 Å². The minimum Gasteiger partial charge on any atom is -0.353 e. The Labute approximate surface area is 186 Å². The number of fused-ring (bicyclic) bond motifs is 3. The van der Waals surface area contributed by atoms with E-state index in [4.69, 9.17) is 9.97 Å². The summed E-state index contributed by atoms with van der Waals surface area (Å²) in [6.07, 6.45) is 7.26. The van der Waals surface area contributed by atoms with Crippen LogP contribution in [0, 0.1) is 0 Å². The number of thiophene rings is 1. The molecule has 1 aliphatic carbocycles. The first-order valence-corrected chi connectivity index (χ1v) is 11.9. The first kappa shape index (κ1) is 18.9. The van der Waals surface area contributed by atoms with Gasteiger partial charge in [-0.15, -0.1) is 11.3 Å². The molecule has 0 saturated carbocycles. The van der Waals surface area contributed by atoms with Crippen LogP contribution in [0.4, 0.5) is 5.82 Å². The molecule has 6 rings (SSSR count). The largest absolute Gasteiger partial charge is 0.353 e. The first-order chi connectivity index (χ1) is 15.3. The van der Waals surface area contributed by atoms with Crippen LogP contribution in [0.15, 0.2) is 54.9 Å². The second-order valence-corrected chi connectivity index (χ2v) is 9.48. The van der Waals surface area contributed by atoms with Crippen LogP contribution < -0.4 is 4.90 Å². The van der Waals surface area contributed by atoms with Gasteiger partial charge < -0.3 is 4.90 Å². The summed E-state index contributed by atoms with van der Waals surface area (Å²) >= 11 is 1.87. The van der Waals surface area contributed by atoms with E-state index in [2.05, 4.69) is 51.2 Å². The van der Waals surface area contributed by atoms with Crippen LogP contribution in [-0.2, 0) is 19.4 Å². The van der Waals surface area contributed by atoms with E-state index in [1.807, 2.05) is 23.6 Å². The molecule has 2 aliphatic rings. The van der Waals surface area contributed by atoms with Crippen LogP contribution in [0.25, 0.3) is 21.6 Å². The van der Waals surface area contributed by atoms with Gasteiger partial charge >= 0.3 is 0 Å². The van der Waals surface area contributed by atoms with Gasteiger partial charge in [0.2, 0.25) is 0 Å². The molecule has 0 N–H and O–H groups in total. The molecule has 0 amide bonds. The minimum absolute atomic E-state index is 0.794. The Balaban J connectivity index is 1.33. The van der Waals surface area contributed by atoms with Crippen molar-refractivity contribution in [1.29, 1.82) is 0 Å². The number of aromatic nitrogens is 3. The fourth-order valence-electron chi connectivity index (χ4n) is 4.79. The molecule has 4 heterocycles. The van der Waals surface area contributed by atoms with Crippen LogP contribution in [0.3, 0.4) is 0 Å². The van der Waals surface area contributed by atoms with E-state index in [9.17, 15) is 0 Å². The van der Waals surface area contributed by atoms with Gasteiger partial charge in [0.25, 0.3) is 0 Å². The predicted molar refractivity (Wildman–Crippen MR) is 127 cm³/mol. The van der Waals surface area contributed by atoms with E-state index in [1.54, 1.807) is 6.20 Å². The summed E-state index contributed by atoms with van der Waals surface area (Å²) < 4.78 is 0. The average molecular weight is 428 g/mol. The summed E-state index contributed by atoms with van der Waals surface area (Å²) in [5.74, 6) is 1.92. The number of anilines is 1. The molecule has 1 aliphatic heterocycles. The van der Waals surface area contributed by atoms with Crippen LogP contribution in [-0.4, -0.2) is 46.0 Å². The summed E-state index contributed by atoms with van der Waals surface area (Å²) in [4.78, 5) is 22.0. The fraction of sp³-hybridized carbons (Fsp3) is 0.320. The van der Waals surface area contributed by atoms with Gasteiger partial charge in [-0.3, -0.25) is 9.88 Å². The Morgan fingerprint density at radius 3 is 2.58 bits per heavy atom. The van der Waals surface area contributed by atoms with Gasteiger partial charge in [-0.1, -0.05) is 30.3 Å². The Hall–Kier alpha value is -2.83. The monoisotopic (exact) mass is 427 g/mol. The normalized spacial score (nSPS) is 16.7. The third-order valence-electron chi connectivity index (χ3n) is 6.39. The molecule has 1 aromatic carbocycles. The van der Waals surface area contributed by atoms with Gasteiger partial charge in [-0.05, 0) is 42.5 Å². The number of aryl methyl sites for hydroxylation is 2. The number of benzene rings is 1. The van der Waals surface area contributed by atoms with Crippen LogP contribution >= 0.6 is 11.3 Å². The molecule has 0 bridgehead atoms. The highest BCUT2D eigenvalue weighted by Gasteiger charge is 2.27. The van der Waals surface area contributed by atoms with Gasteiger partial charge in [0.05, 0.1) is 5.39 Å². The van der Waals surface area contributed by atoms with E-state index in [0.717, 1.165) is 61.2 Å². The lowest BCUT2D eigenvalue weighted by molar-refractivity contribution is 0.249. The summed E-state index contributed by atoms with van der Waals surface area (Å²) in [6.45, 7) is 5.11. The smallest absolute Gasteiger partial charge is 0.164 e. The molecule has 3 aromatic heterocycles. The number of pyridine rings is 1. The second-order valence-electron chi connectivity index (χ2n) is 8.40. The van der Waals surface area contributed by atoms with Crippen LogP contribution in [0.5, 0.6) is 0 Å². The number of hydrogen-bond acceptors (Lipinski definition) is 6. The molecule has 6 heteroatoms. The van der Waals surface area contributed by atoms with Gasteiger partial charge in [-0.2, -0.15) is 0 Å². The number of hydrogen-bond donors (Lipinski definition) is 0. The lowest BCUT2D eigenvalue weighted by atomic mass is 10.1.